The van der Waals surface area contributed by atoms with Crippen LogP contribution in [0, 0.1) is 5.82 Å². The molecule has 0 unspecified atom stereocenters. The molecular formula is C16H20FN3O6S. The molecule has 0 bridgehead atoms. The van der Waals surface area contributed by atoms with E-state index in [-0.39, 0.29) is 13.0 Å². The Morgan fingerprint density at radius 2 is 1.96 bits per heavy atom. The van der Waals surface area contributed by atoms with E-state index < -0.39 is 50.8 Å². The van der Waals surface area contributed by atoms with Gasteiger partial charge >= 0.3 is 12.0 Å². The number of nitrogens with zero attached hydrogens (tertiary/aromatic N) is 1. The maximum Gasteiger partial charge on any atom is 0.325 e. The van der Waals surface area contributed by atoms with Crippen LogP contribution in [-0.2, 0) is 24.3 Å². The molecule has 9 nitrogen and oxygen atoms in total. The fourth-order valence-electron chi connectivity index (χ4n) is 2.63. The molecule has 148 valence electrons. The lowest BCUT2D eigenvalue weighted by atomic mass is 10.2. The first kappa shape index (κ1) is 20.8. The molecule has 0 spiro atoms. The molecular weight excluding hydrogens is 381 g/mol. The van der Waals surface area contributed by atoms with Crippen molar-refractivity contribution in [3.63, 3.8) is 0 Å². The molecule has 2 atom stereocenters. The molecule has 0 aromatic heterocycles. The number of imide groups is 1. The summed E-state index contributed by atoms with van der Waals surface area (Å²) >= 11 is 0. The molecule has 27 heavy (non-hydrogen) atoms. The zero-order chi connectivity index (χ0) is 20.2. The summed E-state index contributed by atoms with van der Waals surface area (Å²) in [6, 6.07) is 2.92. The maximum atomic E-state index is 13.9. The van der Waals surface area contributed by atoms with E-state index >= 15 is 0 Å². The minimum Gasteiger partial charge on any atom is -0.451 e. The van der Waals surface area contributed by atoms with Gasteiger partial charge in [-0.3, -0.25) is 14.9 Å². The third-order valence-electron chi connectivity index (χ3n) is 4.03. The first-order valence-electron chi connectivity index (χ1n) is 8.18. The Morgan fingerprint density at radius 3 is 2.59 bits per heavy atom. The minimum atomic E-state index is -4.25. The Hall–Kier alpha value is -2.53. The monoisotopic (exact) mass is 401 g/mol. The summed E-state index contributed by atoms with van der Waals surface area (Å²) < 4.78 is 45.2. The molecule has 3 amide bonds. The van der Waals surface area contributed by atoms with Crippen molar-refractivity contribution in [3.8, 4) is 0 Å². The van der Waals surface area contributed by atoms with E-state index in [1.807, 2.05) is 5.32 Å². The van der Waals surface area contributed by atoms with Crippen LogP contribution < -0.4 is 10.6 Å². The number of hydrogen-bond donors (Lipinski definition) is 2. The van der Waals surface area contributed by atoms with Crippen LogP contribution in [0.4, 0.5) is 9.18 Å². The number of halogens is 1. The zero-order valence-electron chi connectivity index (χ0n) is 14.8. The predicted octanol–water partition coefficient (Wildman–Crippen LogP) is 0.366. The largest absolute Gasteiger partial charge is 0.451 e. The summed E-state index contributed by atoms with van der Waals surface area (Å²) in [6.45, 7) is 1.27. The van der Waals surface area contributed by atoms with Crippen molar-refractivity contribution in [3.05, 3.63) is 30.1 Å². The van der Waals surface area contributed by atoms with Gasteiger partial charge in [0.25, 0.3) is 5.91 Å². The standard InChI is InChI=1S/C16H20FN3O6S/c1-10(14(21)19-16(23)18-2)26-15(22)12-7-5-9-20(12)27(24,25)13-8-4-3-6-11(13)17/h3-4,6,8,10,12H,5,7,9H2,1-2H3,(H2,18,19,21,23)/t10-,12+/m1/s1. The van der Waals surface area contributed by atoms with E-state index in [4.69, 9.17) is 4.74 Å². The van der Waals surface area contributed by atoms with Crippen LogP contribution in [0.15, 0.2) is 29.2 Å². The van der Waals surface area contributed by atoms with E-state index in [9.17, 15) is 27.2 Å². The van der Waals surface area contributed by atoms with Crippen LogP contribution in [0.3, 0.4) is 0 Å². The lowest BCUT2D eigenvalue weighted by Crippen LogP contribution is -2.46. The molecule has 2 N–H and O–H groups in total. The van der Waals surface area contributed by atoms with Crippen molar-refractivity contribution in [2.75, 3.05) is 13.6 Å². The van der Waals surface area contributed by atoms with Gasteiger partial charge in [0.05, 0.1) is 0 Å². The van der Waals surface area contributed by atoms with Crippen LogP contribution in [0.2, 0.25) is 0 Å². The van der Waals surface area contributed by atoms with Gasteiger partial charge in [0.15, 0.2) is 6.10 Å². The number of urea groups is 1. The maximum absolute atomic E-state index is 13.9. The highest BCUT2D eigenvalue weighted by atomic mass is 32.2. The molecule has 1 aromatic rings. The Bertz CT molecular complexity index is 844. The van der Waals surface area contributed by atoms with Gasteiger partial charge in [-0.1, -0.05) is 12.1 Å². The number of esters is 1. The van der Waals surface area contributed by atoms with E-state index in [1.165, 1.54) is 26.1 Å². The molecule has 11 heteroatoms. The quantitative estimate of drug-likeness (QED) is 0.688. The van der Waals surface area contributed by atoms with Crippen LogP contribution in [-0.4, -0.2) is 56.4 Å². The molecule has 1 aliphatic heterocycles. The highest BCUT2D eigenvalue weighted by Crippen LogP contribution is 2.28. The Labute approximate surface area is 155 Å². The first-order valence-corrected chi connectivity index (χ1v) is 9.62. The Kier molecular flexibility index (Phi) is 6.50. The SMILES string of the molecule is CNC(=O)NC(=O)[C@@H](C)OC(=O)[C@@H]1CCCN1S(=O)(=O)c1ccccc1F. The highest BCUT2D eigenvalue weighted by molar-refractivity contribution is 7.89. The number of ether oxygens (including phenoxy) is 1. The third-order valence-corrected chi connectivity index (χ3v) is 5.97. The number of carbonyl (C=O) groups is 3. The van der Waals surface area contributed by atoms with Gasteiger partial charge in [-0.15, -0.1) is 0 Å². The molecule has 1 saturated heterocycles. The zero-order valence-corrected chi connectivity index (χ0v) is 15.6. The lowest BCUT2D eigenvalue weighted by Gasteiger charge is -2.24. The van der Waals surface area contributed by atoms with E-state index in [0.29, 0.717) is 6.42 Å². The smallest absolute Gasteiger partial charge is 0.325 e. The second-order valence-corrected chi connectivity index (χ2v) is 7.71. The van der Waals surface area contributed by atoms with Crippen molar-refractivity contribution in [1.29, 1.82) is 0 Å². The van der Waals surface area contributed by atoms with Gasteiger partial charge in [0.2, 0.25) is 10.0 Å². The average molecular weight is 401 g/mol. The topological polar surface area (TPSA) is 122 Å². The predicted molar refractivity (Wildman–Crippen MR) is 91.5 cm³/mol. The number of benzene rings is 1. The van der Waals surface area contributed by atoms with Crippen LogP contribution in [0.1, 0.15) is 19.8 Å². The summed E-state index contributed by atoms with van der Waals surface area (Å²) in [5, 5.41) is 4.13. The lowest BCUT2D eigenvalue weighted by molar-refractivity contribution is -0.157. The van der Waals surface area contributed by atoms with Gasteiger partial charge in [0, 0.05) is 13.6 Å². The summed E-state index contributed by atoms with van der Waals surface area (Å²) in [5.41, 5.74) is 0. The Balaban J connectivity index is 2.13. The molecule has 0 radical (unpaired) electrons. The van der Waals surface area contributed by atoms with Gasteiger partial charge in [-0.2, -0.15) is 4.31 Å². The molecule has 1 heterocycles. The van der Waals surface area contributed by atoms with Crippen molar-refractivity contribution in [2.24, 2.45) is 0 Å². The van der Waals surface area contributed by atoms with Crippen molar-refractivity contribution >= 4 is 27.9 Å². The summed E-state index contributed by atoms with van der Waals surface area (Å²) in [7, 11) is -2.94. The van der Waals surface area contributed by atoms with Gasteiger partial charge in [0.1, 0.15) is 16.8 Å². The number of carbonyl (C=O) groups excluding carboxylic acids is 3. The summed E-state index contributed by atoms with van der Waals surface area (Å²) in [6.07, 6.45) is -0.754. The van der Waals surface area contributed by atoms with Crippen LogP contribution in [0.5, 0.6) is 0 Å². The minimum absolute atomic E-state index is 0.0231. The van der Waals surface area contributed by atoms with Crippen molar-refractivity contribution in [1.82, 2.24) is 14.9 Å². The van der Waals surface area contributed by atoms with E-state index in [2.05, 4.69) is 5.32 Å². The van der Waals surface area contributed by atoms with Crippen LogP contribution >= 0.6 is 0 Å². The molecule has 0 saturated carbocycles. The van der Waals surface area contributed by atoms with E-state index in [0.717, 1.165) is 16.4 Å². The fourth-order valence-corrected chi connectivity index (χ4v) is 4.34. The number of nitrogens with one attached hydrogen (secondary N) is 2. The molecule has 0 aliphatic carbocycles. The fraction of sp³-hybridized carbons (Fsp3) is 0.438. The highest BCUT2D eigenvalue weighted by Gasteiger charge is 2.42. The number of amides is 3. The summed E-state index contributed by atoms with van der Waals surface area (Å²) in [4.78, 5) is 34.8. The molecule has 1 aromatic carbocycles. The number of rotatable bonds is 5. The Morgan fingerprint density at radius 1 is 1.30 bits per heavy atom. The van der Waals surface area contributed by atoms with E-state index in [1.54, 1.807) is 0 Å². The molecule has 1 fully saturated rings. The average Bonchev–Trinajstić information content (AvgIpc) is 3.12. The normalized spacial score (nSPS) is 18.6. The number of sulfonamides is 1. The second-order valence-electron chi connectivity index (χ2n) is 5.85. The van der Waals surface area contributed by atoms with Gasteiger partial charge in [-0.25, -0.2) is 17.6 Å². The summed E-state index contributed by atoms with van der Waals surface area (Å²) in [5.74, 6) is -2.72. The van der Waals surface area contributed by atoms with Crippen molar-refractivity contribution in [2.45, 2.75) is 36.8 Å². The van der Waals surface area contributed by atoms with Crippen molar-refractivity contribution < 1.29 is 31.9 Å². The third kappa shape index (κ3) is 4.61. The molecule has 2 rings (SSSR count). The first-order chi connectivity index (χ1) is 12.7. The van der Waals surface area contributed by atoms with Crippen LogP contribution in [0.25, 0.3) is 0 Å². The number of hydrogen-bond acceptors (Lipinski definition) is 6. The molecule has 1 aliphatic rings. The van der Waals surface area contributed by atoms with Gasteiger partial charge in [-0.05, 0) is 31.9 Å². The second kappa shape index (κ2) is 8.44. The van der Waals surface area contributed by atoms with Gasteiger partial charge < -0.3 is 10.1 Å².